The first-order valence-electron chi connectivity index (χ1n) is 9.74. The predicted molar refractivity (Wildman–Crippen MR) is 118 cm³/mol. The first-order valence-corrected chi connectivity index (χ1v) is 10.1. The number of benzene rings is 2. The zero-order chi connectivity index (χ0) is 20.8. The van der Waals surface area contributed by atoms with Crippen LogP contribution in [0.15, 0.2) is 53.6 Å². The van der Waals surface area contributed by atoms with Crippen molar-refractivity contribution in [3.63, 3.8) is 0 Å². The van der Waals surface area contributed by atoms with E-state index in [-0.39, 0.29) is 5.82 Å². The average molecular weight is 426 g/mol. The minimum Gasteiger partial charge on any atom is -0.341 e. The van der Waals surface area contributed by atoms with Crippen molar-refractivity contribution in [2.75, 3.05) is 28.7 Å². The fourth-order valence-corrected chi connectivity index (χ4v) is 3.21. The quantitative estimate of drug-likeness (QED) is 0.434. The van der Waals surface area contributed by atoms with Crippen molar-refractivity contribution in [3.8, 4) is 0 Å². The van der Waals surface area contributed by atoms with Crippen LogP contribution in [0.2, 0.25) is 5.02 Å². The van der Waals surface area contributed by atoms with Crippen molar-refractivity contribution in [3.05, 3.63) is 64.9 Å². The van der Waals surface area contributed by atoms with Gasteiger partial charge in [-0.05, 0) is 61.2 Å². The van der Waals surface area contributed by atoms with Gasteiger partial charge in [-0.1, -0.05) is 23.7 Å². The van der Waals surface area contributed by atoms with Crippen molar-refractivity contribution in [2.24, 2.45) is 5.10 Å². The van der Waals surface area contributed by atoms with Crippen molar-refractivity contribution >= 4 is 41.3 Å². The standard InChI is InChI=1S/C21H21ClFN7/c22-16-6-4-15(5-7-16)14-24-29-20-26-19(25-18-10-8-17(23)9-11-18)27-21(28-20)30-12-2-1-3-13-30/h4-11,14H,1-3,12-13H2,(H2,25,26,27,28,29). The zero-order valence-electron chi connectivity index (χ0n) is 16.2. The van der Waals surface area contributed by atoms with Crippen LogP contribution in [-0.4, -0.2) is 34.3 Å². The Bertz CT molecular complexity index is 1000. The second kappa shape index (κ2) is 9.49. The van der Waals surface area contributed by atoms with Gasteiger partial charge in [0, 0.05) is 23.8 Å². The number of halogens is 2. The molecule has 3 aromatic rings. The van der Waals surface area contributed by atoms with Crippen LogP contribution < -0.4 is 15.6 Å². The lowest BCUT2D eigenvalue weighted by Gasteiger charge is -2.26. The molecular weight excluding hydrogens is 405 g/mol. The summed E-state index contributed by atoms with van der Waals surface area (Å²) in [5, 5.41) is 7.99. The van der Waals surface area contributed by atoms with E-state index in [4.69, 9.17) is 11.6 Å². The summed E-state index contributed by atoms with van der Waals surface area (Å²) in [5.74, 6) is 0.962. The highest BCUT2D eigenvalue weighted by molar-refractivity contribution is 6.30. The molecule has 0 atom stereocenters. The summed E-state index contributed by atoms with van der Waals surface area (Å²) in [7, 11) is 0. The SMILES string of the molecule is Fc1ccc(Nc2nc(NN=Cc3ccc(Cl)cc3)nc(N3CCCCC3)n2)cc1. The third kappa shape index (κ3) is 5.42. The number of rotatable bonds is 6. The molecular formula is C21H21ClFN7. The molecule has 0 amide bonds. The summed E-state index contributed by atoms with van der Waals surface area (Å²) < 4.78 is 13.2. The Morgan fingerprint density at radius 2 is 1.60 bits per heavy atom. The fraction of sp³-hybridized carbons (Fsp3) is 0.238. The first-order chi connectivity index (χ1) is 14.7. The van der Waals surface area contributed by atoms with Crippen LogP contribution in [-0.2, 0) is 0 Å². The van der Waals surface area contributed by atoms with E-state index in [1.807, 2.05) is 12.1 Å². The Balaban J connectivity index is 1.55. The molecule has 0 unspecified atom stereocenters. The van der Waals surface area contributed by atoms with E-state index in [0.717, 1.165) is 31.5 Å². The van der Waals surface area contributed by atoms with Gasteiger partial charge in [0.25, 0.3) is 0 Å². The Morgan fingerprint density at radius 1 is 0.900 bits per heavy atom. The van der Waals surface area contributed by atoms with Gasteiger partial charge < -0.3 is 10.2 Å². The molecule has 1 aliphatic heterocycles. The summed E-state index contributed by atoms with van der Waals surface area (Å²) in [4.78, 5) is 15.6. The van der Waals surface area contributed by atoms with Crippen molar-refractivity contribution in [1.82, 2.24) is 15.0 Å². The summed E-state index contributed by atoms with van der Waals surface area (Å²) in [6, 6.07) is 13.3. The van der Waals surface area contributed by atoms with Gasteiger partial charge >= 0.3 is 0 Å². The van der Waals surface area contributed by atoms with Gasteiger partial charge in [0.2, 0.25) is 17.8 Å². The topological polar surface area (TPSA) is 78.3 Å². The minimum atomic E-state index is -0.302. The van der Waals surface area contributed by atoms with Crippen LogP contribution in [0.25, 0.3) is 0 Å². The highest BCUT2D eigenvalue weighted by Gasteiger charge is 2.16. The Morgan fingerprint density at radius 3 is 2.33 bits per heavy atom. The number of piperidine rings is 1. The normalized spacial score (nSPS) is 14.1. The number of anilines is 4. The van der Waals surface area contributed by atoms with Gasteiger partial charge in [0.15, 0.2) is 0 Å². The smallest absolute Gasteiger partial charge is 0.250 e. The van der Waals surface area contributed by atoms with E-state index in [1.165, 1.54) is 18.6 Å². The second-order valence-corrected chi connectivity index (χ2v) is 7.32. The summed E-state index contributed by atoms with van der Waals surface area (Å²) in [6.45, 7) is 1.79. The van der Waals surface area contributed by atoms with Gasteiger partial charge in [0.05, 0.1) is 6.21 Å². The number of nitrogens with zero attached hydrogens (tertiary/aromatic N) is 5. The first kappa shape index (κ1) is 20.0. The zero-order valence-corrected chi connectivity index (χ0v) is 17.0. The van der Waals surface area contributed by atoms with Gasteiger partial charge in [0.1, 0.15) is 5.82 Å². The highest BCUT2D eigenvalue weighted by atomic mass is 35.5. The lowest BCUT2D eigenvalue weighted by atomic mass is 10.1. The van der Waals surface area contributed by atoms with Crippen LogP contribution in [0, 0.1) is 5.82 Å². The summed E-state index contributed by atoms with van der Waals surface area (Å²) in [5.41, 5.74) is 4.44. The number of aromatic nitrogens is 3. The molecule has 1 aromatic heterocycles. The van der Waals surface area contributed by atoms with Crippen molar-refractivity contribution < 1.29 is 4.39 Å². The molecule has 30 heavy (non-hydrogen) atoms. The third-order valence-electron chi connectivity index (χ3n) is 4.61. The maximum atomic E-state index is 13.2. The van der Waals surface area contributed by atoms with Gasteiger partial charge in [-0.3, -0.25) is 0 Å². The van der Waals surface area contributed by atoms with E-state index >= 15 is 0 Å². The predicted octanol–water partition coefficient (Wildman–Crippen LogP) is 4.84. The maximum absolute atomic E-state index is 13.2. The lowest BCUT2D eigenvalue weighted by Crippen LogP contribution is -2.31. The molecule has 4 rings (SSSR count). The Hall–Kier alpha value is -3.26. The third-order valence-corrected chi connectivity index (χ3v) is 4.86. The molecule has 1 aliphatic rings. The molecule has 1 fully saturated rings. The Kier molecular flexibility index (Phi) is 6.34. The highest BCUT2D eigenvalue weighted by Crippen LogP contribution is 2.21. The average Bonchev–Trinajstić information content (AvgIpc) is 2.77. The number of hydrogen-bond donors (Lipinski definition) is 2. The molecule has 0 aliphatic carbocycles. The van der Waals surface area contributed by atoms with Crippen LogP contribution in [0.3, 0.4) is 0 Å². The molecule has 0 spiro atoms. The van der Waals surface area contributed by atoms with Crippen molar-refractivity contribution in [2.45, 2.75) is 19.3 Å². The molecule has 2 aromatic carbocycles. The molecule has 7 nitrogen and oxygen atoms in total. The fourth-order valence-electron chi connectivity index (χ4n) is 3.08. The molecule has 2 heterocycles. The number of nitrogens with one attached hydrogen (secondary N) is 2. The largest absolute Gasteiger partial charge is 0.341 e. The lowest BCUT2D eigenvalue weighted by molar-refractivity contribution is 0.568. The summed E-state index contributed by atoms with van der Waals surface area (Å²) >= 11 is 5.91. The minimum absolute atomic E-state index is 0.302. The molecule has 0 bridgehead atoms. The second-order valence-electron chi connectivity index (χ2n) is 6.88. The molecule has 0 radical (unpaired) electrons. The number of hydrogen-bond acceptors (Lipinski definition) is 7. The molecule has 2 N–H and O–H groups in total. The molecule has 9 heteroatoms. The number of hydrazone groups is 1. The van der Waals surface area contributed by atoms with E-state index in [2.05, 4.69) is 35.7 Å². The van der Waals surface area contributed by atoms with E-state index in [0.29, 0.717) is 28.6 Å². The molecule has 1 saturated heterocycles. The Labute approximate surface area is 179 Å². The monoisotopic (exact) mass is 425 g/mol. The molecule has 154 valence electrons. The van der Waals surface area contributed by atoms with Gasteiger partial charge in [-0.2, -0.15) is 20.1 Å². The van der Waals surface area contributed by atoms with Gasteiger partial charge in [-0.25, -0.2) is 9.82 Å². The maximum Gasteiger partial charge on any atom is 0.250 e. The van der Waals surface area contributed by atoms with E-state index in [9.17, 15) is 4.39 Å². The van der Waals surface area contributed by atoms with E-state index < -0.39 is 0 Å². The van der Waals surface area contributed by atoms with Gasteiger partial charge in [-0.15, -0.1) is 0 Å². The van der Waals surface area contributed by atoms with Crippen LogP contribution in [0.4, 0.5) is 27.9 Å². The van der Waals surface area contributed by atoms with Crippen LogP contribution in [0.1, 0.15) is 24.8 Å². The summed E-state index contributed by atoms with van der Waals surface area (Å²) in [6.07, 6.45) is 5.07. The van der Waals surface area contributed by atoms with Crippen molar-refractivity contribution in [1.29, 1.82) is 0 Å². The molecule has 0 saturated carbocycles. The van der Waals surface area contributed by atoms with E-state index in [1.54, 1.807) is 30.5 Å². The van der Waals surface area contributed by atoms with Crippen LogP contribution in [0.5, 0.6) is 0 Å². The van der Waals surface area contributed by atoms with Crippen LogP contribution >= 0.6 is 11.6 Å².